The summed E-state index contributed by atoms with van der Waals surface area (Å²) in [5.41, 5.74) is 2.02. The van der Waals surface area contributed by atoms with Crippen molar-refractivity contribution in [1.82, 2.24) is 4.90 Å². The van der Waals surface area contributed by atoms with Crippen molar-refractivity contribution in [2.45, 2.75) is 12.6 Å². The molecular formula is C33H38F3N3O8S. The molecule has 260 valence electrons. The molecule has 2 aliphatic heterocycles. The molecular weight excluding hydrogens is 655 g/mol. The standard InChI is InChI=1S/C33H38F3N3O8S/c1-43-17-18-45-22-47-30-8-7-26(20-29(30)37-48(2,41)42)39-10-9-24-19-27(23-3-5-25(6-4-23)33(34,35)36)31(21-28(24)32(39)40)46-16-13-38-11-14-44-15-12-38/h3-8,19-21,37H,9-18,22H2,1-2H3. The Morgan fingerprint density at radius 1 is 0.896 bits per heavy atom. The number of morpholine rings is 1. The number of carbonyl (C=O) groups is 1. The summed E-state index contributed by atoms with van der Waals surface area (Å²) in [6.45, 7) is 4.43. The quantitative estimate of drug-likeness (QED) is 0.190. The van der Waals surface area contributed by atoms with E-state index >= 15 is 0 Å². The van der Waals surface area contributed by atoms with Gasteiger partial charge in [0.15, 0.2) is 6.79 Å². The van der Waals surface area contributed by atoms with E-state index in [4.69, 9.17) is 23.7 Å². The Bertz CT molecular complexity index is 1680. The SMILES string of the molecule is COCCOCOc1ccc(N2CCc3cc(-c4ccc(C(F)(F)F)cc4)c(OCCN4CCOCC4)cc3C2=O)cc1NS(C)(=O)=O. The molecule has 11 nitrogen and oxygen atoms in total. The van der Waals surface area contributed by atoms with Gasteiger partial charge in [-0.15, -0.1) is 0 Å². The van der Waals surface area contributed by atoms with E-state index in [0.717, 1.165) is 31.5 Å². The van der Waals surface area contributed by atoms with Crippen LogP contribution in [0.2, 0.25) is 0 Å². The number of nitrogens with one attached hydrogen (secondary N) is 1. The Labute approximate surface area is 277 Å². The number of anilines is 2. The lowest BCUT2D eigenvalue weighted by molar-refractivity contribution is -0.137. The second-order valence-electron chi connectivity index (χ2n) is 11.3. The van der Waals surface area contributed by atoms with E-state index in [2.05, 4.69) is 9.62 Å². The summed E-state index contributed by atoms with van der Waals surface area (Å²) in [5, 5.41) is 0. The zero-order valence-corrected chi connectivity index (χ0v) is 27.5. The fourth-order valence-corrected chi connectivity index (χ4v) is 6.01. The van der Waals surface area contributed by atoms with Crippen molar-refractivity contribution < 1.29 is 50.1 Å². The average molecular weight is 694 g/mol. The summed E-state index contributed by atoms with van der Waals surface area (Å²) < 4.78 is 94.1. The number of ether oxygens (including phenoxy) is 5. The highest BCUT2D eigenvalue weighted by atomic mass is 32.2. The van der Waals surface area contributed by atoms with Crippen LogP contribution in [0.5, 0.6) is 11.5 Å². The second-order valence-corrected chi connectivity index (χ2v) is 13.1. The van der Waals surface area contributed by atoms with Crippen LogP contribution in [0.3, 0.4) is 0 Å². The topological polar surface area (TPSA) is 116 Å². The van der Waals surface area contributed by atoms with E-state index in [1.54, 1.807) is 24.3 Å². The van der Waals surface area contributed by atoms with Crippen LogP contribution in [0, 0.1) is 0 Å². The molecule has 0 unspecified atom stereocenters. The Morgan fingerprint density at radius 2 is 1.65 bits per heavy atom. The molecule has 0 bridgehead atoms. The molecule has 1 amide bonds. The molecule has 3 aromatic carbocycles. The Hall–Kier alpha value is -3.89. The van der Waals surface area contributed by atoms with Crippen molar-refractivity contribution in [2.75, 3.05) is 89.0 Å². The minimum atomic E-state index is -4.47. The summed E-state index contributed by atoms with van der Waals surface area (Å²) in [4.78, 5) is 17.7. The number of nitrogens with zero attached hydrogens (tertiary/aromatic N) is 2. The van der Waals surface area contributed by atoms with E-state index in [1.807, 2.05) is 0 Å². The number of carbonyl (C=O) groups excluding carboxylic acids is 1. The van der Waals surface area contributed by atoms with E-state index in [9.17, 15) is 26.4 Å². The van der Waals surface area contributed by atoms with Gasteiger partial charge in [-0.25, -0.2) is 8.42 Å². The van der Waals surface area contributed by atoms with Gasteiger partial charge in [-0.1, -0.05) is 12.1 Å². The number of fused-ring (bicyclic) bond motifs is 1. The minimum absolute atomic E-state index is 0.133. The Kier molecular flexibility index (Phi) is 11.5. The van der Waals surface area contributed by atoms with Crippen LogP contribution >= 0.6 is 0 Å². The lowest BCUT2D eigenvalue weighted by Crippen LogP contribution is -2.39. The third-order valence-electron chi connectivity index (χ3n) is 7.88. The number of halogens is 3. The summed E-state index contributed by atoms with van der Waals surface area (Å²) in [7, 11) is -2.16. The van der Waals surface area contributed by atoms with Crippen LogP contribution in [0.25, 0.3) is 11.1 Å². The summed E-state index contributed by atoms with van der Waals surface area (Å²) in [6, 6.07) is 13.0. The number of hydrogen-bond donors (Lipinski definition) is 1. The van der Waals surface area contributed by atoms with Crippen molar-refractivity contribution in [3.8, 4) is 22.6 Å². The van der Waals surface area contributed by atoms with Gasteiger partial charge in [-0.2, -0.15) is 13.2 Å². The number of hydrogen-bond acceptors (Lipinski definition) is 9. The largest absolute Gasteiger partial charge is 0.492 e. The van der Waals surface area contributed by atoms with Gasteiger partial charge >= 0.3 is 6.18 Å². The summed E-state index contributed by atoms with van der Waals surface area (Å²) in [5.74, 6) is 0.243. The van der Waals surface area contributed by atoms with Crippen molar-refractivity contribution in [3.63, 3.8) is 0 Å². The summed E-state index contributed by atoms with van der Waals surface area (Å²) in [6.07, 6.45) is -3.03. The third-order valence-corrected chi connectivity index (χ3v) is 8.47. The lowest BCUT2D eigenvalue weighted by atomic mass is 9.92. The highest BCUT2D eigenvalue weighted by Gasteiger charge is 2.31. The highest BCUT2D eigenvalue weighted by Crippen LogP contribution is 2.39. The number of alkyl halides is 3. The molecule has 1 saturated heterocycles. The predicted molar refractivity (Wildman–Crippen MR) is 173 cm³/mol. The van der Waals surface area contributed by atoms with E-state index < -0.39 is 21.8 Å². The van der Waals surface area contributed by atoms with Crippen molar-refractivity contribution in [3.05, 3.63) is 71.3 Å². The van der Waals surface area contributed by atoms with Crippen molar-refractivity contribution in [1.29, 1.82) is 0 Å². The van der Waals surface area contributed by atoms with Crippen LogP contribution in [-0.2, 0) is 36.8 Å². The number of sulfonamides is 1. The Morgan fingerprint density at radius 3 is 2.33 bits per heavy atom. The molecule has 3 aromatic rings. The van der Waals surface area contributed by atoms with Gasteiger partial charge in [0, 0.05) is 50.1 Å². The van der Waals surface area contributed by atoms with E-state index in [0.29, 0.717) is 73.1 Å². The first kappa shape index (κ1) is 35.4. The maximum absolute atomic E-state index is 14.0. The molecule has 0 radical (unpaired) electrons. The number of rotatable bonds is 14. The zero-order valence-electron chi connectivity index (χ0n) is 26.7. The van der Waals surface area contributed by atoms with Gasteiger partial charge in [-0.05, 0) is 60.0 Å². The smallest absolute Gasteiger partial charge is 0.416 e. The number of methoxy groups -OCH3 is 1. The second kappa shape index (κ2) is 15.6. The maximum atomic E-state index is 14.0. The van der Waals surface area contributed by atoms with Gasteiger partial charge in [0.2, 0.25) is 10.0 Å². The zero-order chi connectivity index (χ0) is 34.3. The molecule has 15 heteroatoms. The van der Waals surface area contributed by atoms with Crippen LogP contribution in [-0.4, -0.2) is 98.6 Å². The Balaban J connectivity index is 1.43. The van der Waals surface area contributed by atoms with Gasteiger partial charge in [0.1, 0.15) is 18.1 Å². The molecule has 0 saturated carbocycles. The van der Waals surface area contributed by atoms with E-state index in [1.165, 1.54) is 30.2 Å². The van der Waals surface area contributed by atoms with Gasteiger partial charge in [0.25, 0.3) is 5.91 Å². The molecule has 5 rings (SSSR count). The molecule has 2 aliphatic rings. The van der Waals surface area contributed by atoms with Gasteiger partial charge < -0.3 is 28.6 Å². The normalized spacial score (nSPS) is 15.7. The number of benzene rings is 3. The first-order valence-corrected chi connectivity index (χ1v) is 17.2. The summed E-state index contributed by atoms with van der Waals surface area (Å²) >= 11 is 0. The molecule has 0 spiro atoms. The van der Waals surface area contributed by atoms with Crippen molar-refractivity contribution in [2.24, 2.45) is 0 Å². The highest BCUT2D eigenvalue weighted by molar-refractivity contribution is 7.92. The van der Waals surface area contributed by atoms with E-state index in [-0.39, 0.29) is 37.3 Å². The maximum Gasteiger partial charge on any atom is 0.416 e. The lowest BCUT2D eigenvalue weighted by Gasteiger charge is -2.30. The fraction of sp³-hybridized carbons (Fsp3) is 0.424. The number of amides is 1. The molecule has 1 N–H and O–H groups in total. The predicted octanol–water partition coefficient (Wildman–Crippen LogP) is 4.66. The van der Waals surface area contributed by atoms with Crippen LogP contribution in [0.4, 0.5) is 24.5 Å². The first-order chi connectivity index (χ1) is 22.9. The molecule has 0 atom stereocenters. The third kappa shape index (κ3) is 9.17. The minimum Gasteiger partial charge on any atom is -0.492 e. The molecule has 0 aromatic heterocycles. The monoisotopic (exact) mass is 693 g/mol. The van der Waals surface area contributed by atoms with Gasteiger partial charge in [-0.3, -0.25) is 14.4 Å². The van der Waals surface area contributed by atoms with Crippen LogP contribution in [0.1, 0.15) is 21.5 Å². The first-order valence-electron chi connectivity index (χ1n) is 15.3. The average Bonchev–Trinajstić information content (AvgIpc) is 3.05. The van der Waals surface area contributed by atoms with Gasteiger partial charge in [0.05, 0.1) is 43.9 Å². The molecule has 0 aliphatic carbocycles. The molecule has 48 heavy (non-hydrogen) atoms. The van der Waals surface area contributed by atoms with Crippen LogP contribution < -0.4 is 19.1 Å². The van der Waals surface area contributed by atoms with Crippen LogP contribution in [0.15, 0.2) is 54.6 Å². The molecule has 2 heterocycles. The fourth-order valence-electron chi connectivity index (χ4n) is 5.45. The van der Waals surface area contributed by atoms with Crippen molar-refractivity contribution >= 4 is 27.3 Å². The molecule has 1 fully saturated rings.